The number of hydrogen-bond donors (Lipinski definition) is 1. The predicted molar refractivity (Wildman–Crippen MR) is 69.3 cm³/mol. The van der Waals surface area contributed by atoms with E-state index in [0.717, 1.165) is 5.56 Å². The van der Waals surface area contributed by atoms with Crippen LogP contribution >= 0.6 is 0 Å². The molecular weight excluding hydrogens is 260 g/mol. The molecule has 0 bridgehead atoms. The summed E-state index contributed by atoms with van der Waals surface area (Å²) in [6, 6.07) is 6.96. The molecule has 0 spiro atoms. The molecule has 0 radical (unpaired) electrons. The van der Waals surface area contributed by atoms with Gasteiger partial charge >= 0.3 is 0 Å². The van der Waals surface area contributed by atoms with Crippen molar-refractivity contribution < 1.29 is 19.1 Å². The van der Waals surface area contributed by atoms with Crippen LogP contribution in [0.25, 0.3) is 0 Å². The third-order valence-electron chi connectivity index (χ3n) is 3.33. The topological polar surface area (TPSA) is 75.8 Å². The van der Waals surface area contributed by atoms with E-state index in [2.05, 4.69) is 4.98 Å². The van der Waals surface area contributed by atoms with Crippen LogP contribution in [0.15, 0.2) is 41.3 Å². The minimum atomic E-state index is -0.446. The lowest BCUT2D eigenvalue weighted by atomic mass is 10.0. The van der Waals surface area contributed by atoms with Gasteiger partial charge in [-0.05, 0) is 6.07 Å². The molecule has 6 heteroatoms. The molecule has 1 amide bonds. The number of aliphatic hydroxyl groups excluding tert-OH is 1. The Morgan fingerprint density at radius 3 is 3.05 bits per heavy atom. The van der Waals surface area contributed by atoms with Crippen LogP contribution in [0.3, 0.4) is 0 Å². The first-order valence-electron chi connectivity index (χ1n) is 6.33. The van der Waals surface area contributed by atoms with Gasteiger partial charge in [-0.25, -0.2) is 4.98 Å². The monoisotopic (exact) mass is 274 g/mol. The second-order valence-electron chi connectivity index (χ2n) is 4.46. The van der Waals surface area contributed by atoms with Gasteiger partial charge in [0, 0.05) is 5.56 Å². The molecule has 0 aliphatic carbocycles. The van der Waals surface area contributed by atoms with Gasteiger partial charge in [0.1, 0.15) is 18.6 Å². The van der Waals surface area contributed by atoms with Crippen LogP contribution in [0, 0.1) is 0 Å². The largest absolute Gasteiger partial charge is 0.491 e. The maximum atomic E-state index is 12.4. The molecule has 1 aliphatic rings. The predicted octanol–water partition coefficient (Wildman–Crippen LogP) is 1.24. The fraction of sp³-hybridized carbons (Fsp3) is 0.286. The first-order valence-corrected chi connectivity index (χ1v) is 6.33. The Bertz CT molecular complexity index is 597. The van der Waals surface area contributed by atoms with Gasteiger partial charge in [0.05, 0.1) is 19.2 Å². The number of fused-ring (bicyclic) bond motifs is 1. The molecule has 0 saturated heterocycles. The molecule has 2 aromatic rings. The molecule has 104 valence electrons. The van der Waals surface area contributed by atoms with Crippen molar-refractivity contribution in [1.29, 1.82) is 0 Å². The molecule has 1 atom stereocenters. The lowest BCUT2D eigenvalue weighted by Gasteiger charge is -2.27. The number of para-hydroxylation sites is 1. The van der Waals surface area contributed by atoms with Crippen LogP contribution < -0.4 is 4.74 Å². The Labute approximate surface area is 115 Å². The normalized spacial score (nSPS) is 18.1. The van der Waals surface area contributed by atoms with Crippen LogP contribution in [0.1, 0.15) is 22.1 Å². The summed E-state index contributed by atoms with van der Waals surface area (Å²) in [6.07, 6.45) is 2.51. The van der Waals surface area contributed by atoms with E-state index < -0.39 is 6.04 Å². The van der Waals surface area contributed by atoms with Crippen molar-refractivity contribution in [1.82, 2.24) is 9.88 Å². The van der Waals surface area contributed by atoms with Gasteiger partial charge < -0.3 is 19.2 Å². The number of carbonyl (C=O) groups excluding carboxylic acids is 1. The molecule has 6 nitrogen and oxygen atoms in total. The summed E-state index contributed by atoms with van der Waals surface area (Å²) < 4.78 is 10.5. The van der Waals surface area contributed by atoms with E-state index in [1.807, 2.05) is 24.3 Å². The highest BCUT2D eigenvalue weighted by atomic mass is 16.5. The number of benzene rings is 1. The maximum Gasteiger partial charge on any atom is 0.276 e. The van der Waals surface area contributed by atoms with Crippen molar-refractivity contribution in [2.45, 2.75) is 6.04 Å². The average Bonchev–Trinajstić information content (AvgIpc) is 2.94. The van der Waals surface area contributed by atoms with Gasteiger partial charge in [0.2, 0.25) is 0 Å². The van der Waals surface area contributed by atoms with E-state index >= 15 is 0 Å². The molecule has 1 unspecified atom stereocenters. The molecule has 0 fully saturated rings. The minimum Gasteiger partial charge on any atom is -0.491 e. The van der Waals surface area contributed by atoms with Gasteiger partial charge in [-0.15, -0.1) is 0 Å². The Kier molecular flexibility index (Phi) is 3.39. The Morgan fingerprint density at radius 1 is 1.45 bits per heavy atom. The Balaban J connectivity index is 1.97. The Morgan fingerprint density at radius 2 is 2.30 bits per heavy atom. The average molecular weight is 274 g/mol. The summed E-state index contributed by atoms with van der Waals surface area (Å²) in [6.45, 7) is 0.576. The van der Waals surface area contributed by atoms with Gasteiger partial charge in [-0.2, -0.15) is 0 Å². The molecule has 0 saturated carbocycles. The third kappa shape index (κ3) is 2.14. The number of oxazole rings is 1. The van der Waals surface area contributed by atoms with Crippen LogP contribution in [-0.2, 0) is 0 Å². The van der Waals surface area contributed by atoms with Gasteiger partial charge in [0.25, 0.3) is 5.91 Å². The highest BCUT2D eigenvalue weighted by Crippen LogP contribution is 2.32. The van der Waals surface area contributed by atoms with Crippen molar-refractivity contribution in [3.8, 4) is 5.75 Å². The number of aromatic nitrogens is 1. The zero-order valence-corrected chi connectivity index (χ0v) is 10.7. The quantitative estimate of drug-likeness (QED) is 0.891. The van der Waals surface area contributed by atoms with Crippen molar-refractivity contribution >= 4 is 5.91 Å². The zero-order chi connectivity index (χ0) is 13.9. The lowest BCUT2D eigenvalue weighted by molar-refractivity contribution is 0.0579. The van der Waals surface area contributed by atoms with Crippen LogP contribution in [-0.4, -0.2) is 40.7 Å². The number of hydrogen-bond acceptors (Lipinski definition) is 5. The summed E-state index contributed by atoms with van der Waals surface area (Å²) in [4.78, 5) is 17.9. The second kappa shape index (κ2) is 5.34. The van der Waals surface area contributed by atoms with Crippen molar-refractivity contribution in [3.05, 3.63) is 48.2 Å². The van der Waals surface area contributed by atoms with E-state index in [4.69, 9.17) is 9.15 Å². The van der Waals surface area contributed by atoms with E-state index in [1.54, 1.807) is 4.90 Å². The van der Waals surface area contributed by atoms with E-state index in [-0.39, 0.29) is 18.2 Å². The van der Waals surface area contributed by atoms with Crippen molar-refractivity contribution in [2.24, 2.45) is 0 Å². The SMILES string of the molecule is O=C(c1cocn1)N1CCOc2ccccc2C1CO. The fourth-order valence-corrected chi connectivity index (χ4v) is 2.37. The van der Waals surface area contributed by atoms with Crippen LogP contribution in [0.4, 0.5) is 0 Å². The summed E-state index contributed by atoms with van der Waals surface area (Å²) in [5.41, 5.74) is 1.02. The lowest BCUT2D eigenvalue weighted by Crippen LogP contribution is -2.38. The number of aliphatic hydroxyl groups is 1. The second-order valence-corrected chi connectivity index (χ2v) is 4.46. The minimum absolute atomic E-state index is 0.177. The summed E-state index contributed by atoms with van der Waals surface area (Å²) in [5.74, 6) is 0.417. The molecule has 20 heavy (non-hydrogen) atoms. The smallest absolute Gasteiger partial charge is 0.276 e. The van der Waals surface area contributed by atoms with Crippen molar-refractivity contribution in [2.75, 3.05) is 19.8 Å². The highest BCUT2D eigenvalue weighted by molar-refractivity contribution is 5.92. The van der Waals surface area contributed by atoms with Gasteiger partial charge in [-0.1, -0.05) is 18.2 Å². The summed E-state index contributed by atoms with van der Waals surface area (Å²) in [7, 11) is 0. The first kappa shape index (κ1) is 12.7. The fourth-order valence-electron chi connectivity index (χ4n) is 2.37. The molecule has 1 aliphatic heterocycles. The van der Waals surface area contributed by atoms with Crippen molar-refractivity contribution in [3.63, 3.8) is 0 Å². The number of carbonyl (C=O) groups is 1. The number of nitrogens with zero attached hydrogens (tertiary/aromatic N) is 2. The maximum absolute atomic E-state index is 12.4. The molecule has 1 aromatic heterocycles. The highest BCUT2D eigenvalue weighted by Gasteiger charge is 2.31. The molecular formula is C14H14N2O4. The van der Waals surface area contributed by atoms with Gasteiger partial charge in [0.15, 0.2) is 12.1 Å². The Hall–Kier alpha value is -2.34. The molecule has 1 aromatic carbocycles. The molecule has 1 N–H and O–H groups in total. The van der Waals surface area contributed by atoms with Crippen LogP contribution in [0.2, 0.25) is 0 Å². The standard InChI is InChI=1S/C14H14N2O4/c17-7-12-10-3-1-2-4-13(10)20-6-5-16(12)14(18)11-8-19-9-15-11/h1-4,8-9,12,17H,5-7H2. The van der Waals surface area contributed by atoms with Crippen LogP contribution in [0.5, 0.6) is 5.75 Å². The first-order chi connectivity index (χ1) is 9.81. The zero-order valence-electron chi connectivity index (χ0n) is 10.7. The molecule has 2 heterocycles. The van der Waals surface area contributed by atoms with Gasteiger partial charge in [-0.3, -0.25) is 4.79 Å². The van der Waals surface area contributed by atoms with E-state index in [0.29, 0.717) is 18.9 Å². The van der Waals surface area contributed by atoms with E-state index in [9.17, 15) is 9.90 Å². The third-order valence-corrected chi connectivity index (χ3v) is 3.33. The van der Waals surface area contributed by atoms with E-state index in [1.165, 1.54) is 12.7 Å². The summed E-state index contributed by atoms with van der Waals surface area (Å²) in [5, 5.41) is 9.69. The number of rotatable bonds is 2. The summed E-state index contributed by atoms with van der Waals surface area (Å²) >= 11 is 0. The number of ether oxygens (including phenoxy) is 1. The molecule has 3 rings (SSSR count). The number of amides is 1.